The highest BCUT2D eigenvalue weighted by atomic mass is 16.5. The first-order valence-corrected chi connectivity index (χ1v) is 23.8. The van der Waals surface area contributed by atoms with E-state index in [9.17, 15) is 24.3 Å². The number of aromatic nitrogens is 10. The van der Waals surface area contributed by atoms with Gasteiger partial charge >= 0.3 is 17.9 Å². The van der Waals surface area contributed by atoms with Crippen LogP contribution in [0.15, 0.2) is 97.8 Å². The van der Waals surface area contributed by atoms with E-state index in [1.54, 1.807) is 11.1 Å². The third kappa shape index (κ3) is 12.1. The molecule has 74 heavy (non-hydrogen) atoms. The Balaban J connectivity index is 0.000000205. The van der Waals surface area contributed by atoms with Gasteiger partial charge in [-0.05, 0) is 115 Å². The number of carbonyl (C=O) groups is 4. The topological polar surface area (TPSA) is 246 Å². The minimum Gasteiger partial charge on any atom is -0.481 e. The molecule has 386 valence electrons. The van der Waals surface area contributed by atoms with Crippen molar-refractivity contribution in [2.24, 2.45) is 0 Å². The molecule has 19 heteroatoms. The Morgan fingerprint density at radius 3 is 1.72 bits per heavy atom. The lowest BCUT2D eigenvalue weighted by Gasteiger charge is -2.30. The van der Waals surface area contributed by atoms with Crippen molar-refractivity contribution in [2.75, 3.05) is 20.2 Å². The van der Waals surface area contributed by atoms with Gasteiger partial charge in [-0.3, -0.25) is 24.4 Å². The molecule has 2 atom stereocenters. The molecule has 2 aliphatic rings. The van der Waals surface area contributed by atoms with Crippen LogP contribution in [-0.4, -0.2) is 109 Å². The van der Waals surface area contributed by atoms with Gasteiger partial charge in [-0.25, -0.2) is 24.1 Å². The van der Waals surface area contributed by atoms with Gasteiger partial charge in [0.05, 0.1) is 43.4 Å². The molecule has 3 N–H and O–H groups in total. The fourth-order valence-electron chi connectivity index (χ4n) is 9.49. The van der Waals surface area contributed by atoms with Crippen LogP contribution in [0.25, 0.3) is 22.1 Å². The van der Waals surface area contributed by atoms with Gasteiger partial charge in [0.2, 0.25) is 0 Å². The van der Waals surface area contributed by atoms with E-state index in [-0.39, 0.29) is 50.7 Å². The van der Waals surface area contributed by atoms with Crippen LogP contribution in [0.5, 0.6) is 0 Å². The lowest BCUT2D eigenvalue weighted by Crippen LogP contribution is -2.36. The number of carboxylic acids is 2. The molecule has 0 fully saturated rings. The molecule has 0 bridgehead atoms. The Labute approximate surface area is 430 Å². The van der Waals surface area contributed by atoms with E-state index >= 15 is 0 Å². The van der Waals surface area contributed by atoms with Crippen LogP contribution in [0, 0.1) is 13.8 Å². The van der Waals surface area contributed by atoms with Gasteiger partial charge in [-0.2, -0.15) is 0 Å². The number of hydrogen-bond donors (Lipinski definition) is 3. The van der Waals surface area contributed by atoms with Gasteiger partial charge < -0.3 is 25.2 Å². The van der Waals surface area contributed by atoms with E-state index in [0.717, 1.165) is 93.5 Å². The third-order valence-corrected chi connectivity index (χ3v) is 13.3. The largest absolute Gasteiger partial charge is 0.481 e. The van der Waals surface area contributed by atoms with Gasteiger partial charge in [0.1, 0.15) is 16.7 Å². The van der Waals surface area contributed by atoms with E-state index in [4.69, 9.17) is 9.84 Å². The minimum absolute atomic E-state index is 0. The predicted octanol–water partition coefficient (Wildman–Crippen LogP) is 7.90. The molecular formula is C55H64N12O7. The summed E-state index contributed by atoms with van der Waals surface area (Å²) in [6.45, 7) is 12.5. The number of methoxy groups -OCH3 is 1. The monoisotopic (exact) mass is 1000 g/mol. The smallest absolute Gasteiger partial charge is 0.356 e. The molecule has 0 radical (unpaired) electrons. The van der Waals surface area contributed by atoms with E-state index in [2.05, 4.69) is 96.1 Å². The minimum atomic E-state index is -1.05. The normalized spacial score (nSPS) is 13.3. The summed E-state index contributed by atoms with van der Waals surface area (Å²) in [7, 11) is 1.44. The Bertz CT molecular complexity index is 3250. The van der Waals surface area contributed by atoms with E-state index in [1.165, 1.54) is 54.8 Å². The number of aromatic carboxylic acids is 1. The van der Waals surface area contributed by atoms with Crippen molar-refractivity contribution in [1.29, 1.82) is 0 Å². The highest BCUT2D eigenvalue weighted by Crippen LogP contribution is 2.37. The van der Waals surface area contributed by atoms with Crippen LogP contribution in [0.2, 0.25) is 0 Å². The van der Waals surface area contributed by atoms with Crippen molar-refractivity contribution >= 4 is 45.9 Å². The summed E-state index contributed by atoms with van der Waals surface area (Å²) in [5.74, 6) is -2.71. The quantitative estimate of drug-likeness (QED) is 0.0984. The van der Waals surface area contributed by atoms with Gasteiger partial charge in [-0.15, -0.1) is 10.2 Å². The van der Waals surface area contributed by atoms with Crippen molar-refractivity contribution in [1.82, 2.24) is 60.1 Å². The van der Waals surface area contributed by atoms with Gasteiger partial charge in [0.25, 0.3) is 5.91 Å². The molecule has 2 unspecified atom stereocenters. The van der Waals surface area contributed by atoms with Crippen molar-refractivity contribution in [3.63, 3.8) is 0 Å². The molecule has 1 amide bonds. The maximum atomic E-state index is 12.9. The van der Waals surface area contributed by atoms with Crippen LogP contribution in [0.1, 0.15) is 130 Å². The van der Waals surface area contributed by atoms with Crippen molar-refractivity contribution < 1.29 is 34.1 Å². The summed E-state index contributed by atoms with van der Waals surface area (Å²) in [6.07, 6.45) is 10.5. The average Bonchev–Trinajstić information content (AvgIpc) is 4.05. The summed E-state index contributed by atoms with van der Waals surface area (Å²) >= 11 is 0. The highest BCUT2D eigenvalue weighted by molar-refractivity contribution is 5.92. The fourth-order valence-corrected chi connectivity index (χ4v) is 9.49. The number of hydrogen-bond acceptors (Lipinski definition) is 14. The molecule has 2 aliphatic heterocycles. The summed E-state index contributed by atoms with van der Waals surface area (Å²) in [6, 6.07) is 20.8. The second-order valence-corrected chi connectivity index (χ2v) is 17.5. The number of nitrogens with zero attached hydrogens (tertiary/aromatic N) is 11. The SMILES string of the molecule is C.C.CCn1nnc2c(C)c(C(CC(=O)O)c3ccc4c(c3)CN(C(=O)c3cnccn3)CC4)ccc21.CCn1nnc2c(C)c(C(CC(=O)OC)c3ccc4c(c3)CNCC4)ccc21.O=C(O)c1cnccn1. The first-order chi connectivity index (χ1) is 34.9. The van der Waals surface area contributed by atoms with Crippen LogP contribution in [0.3, 0.4) is 0 Å². The molecule has 8 aromatic rings. The van der Waals surface area contributed by atoms with E-state index in [1.807, 2.05) is 47.5 Å². The number of fused-ring (bicyclic) bond motifs is 4. The Morgan fingerprint density at radius 2 is 1.22 bits per heavy atom. The van der Waals surface area contributed by atoms with Gasteiger partial charge in [-0.1, -0.05) is 73.8 Å². The standard InChI is InChI=1S/C26H26N6O3.C22H26N4O2.C5H4N2O2.2CH4/c1-3-32-23-7-6-20(16(2)25(23)29-30-32)21(13-24(33)34)18-5-4-17-8-11-31(15-19(17)12-18)26(35)22-14-27-9-10-28-22;1-4-26-20-8-7-18(14(2)22(20)24-25-26)19(12-21(27)28-3)16-6-5-15-9-10-23-13-17(15)11-16;8-5(9)4-3-6-1-2-7-4;;/h4-7,9-10,12,14,21H,3,8,11,13,15H2,1-2H3,(H,33,34);5-8,11,19,23H,4,9-10,12-13H2,1-3H3;1-3H,(H,8,9);2*1H4. The Morgan fingerprint density at radius 1 is 0.676 bits per heavy atom. The van der Waals surface area contributed by atoms with Gasteiger partial charge in [0, 0.05) is 69.3 Å². The van der Waals surface area contributed by atoms with Crippen LogP contribution in [0.4, 0.5) is 0 Å². The zero-order valence-corrected chi connectivity index (χ0v) is 40.8. The molecule has 0 saturated carbocycles. The summed E-state index contributed by atoms with van der Waals surface area (Å²) < 4.78 is 8.73. The van der Waals surface area contributed by atoms with E-state index < -0.39 is 11.9 Å². The molecule has 0 spiro atoms. The second kappa shape index (κ2) is 24.9. The number of esters is 1. The first kappa shape index (κ1) is 55.0. The molecule has 10 rings (SSSR count). The number of carboxylic acid groups (broad SMARTS) is 2. The van der Waals surface area contributed by atoms with Crippen LogP contribution < -0.4 is 5.32 Å². The number of ether oxygens (including phenoxy) is 1. The van der Waals surface area contributed by atoms with Gasteiger partial charge in [0.15, 0.2) is 5.69 Å². The highest BCUT2D eigenvalue weighted by Gasteiger charge is 2.28. The molecule has 4 aromatic heterocycles. The maximum Gasteiger partial charge on any atom is 0.356 e. The van der Waals surface area contributed by atoms with Crippen molar-refractivity contribution in [2.45, 2.75) is 106 Å². The van der Waals surface area contributed by atoms with E-state index in [0.29, 0.717) is 31.7 Å². The number of rotatable bonds is 12. The molecule has 0 saturated heterocycles. The summed E-state index contributed by atoms with van der Waals surface area (Å²) in [5, 5.41) is 38.6. The molecule has 4 aromatic carbocycles. The lowest BCUT2D eigenvalue weighted by atomic mass is 9.83. The lowest BCUT2D eigenvalue weighted by molar-refractivity contribution is -0.141. The number of amides is 1. The number of aliphatic carboxylic acids is 1. The Hall–Kier alpha value is -8.32. The second-order valence-electron chi connectivity index (χ2n) is 17.5. The predicted molar refractivity (Wildman–Crippen MR) is 280 cm³/mol. The molecule has 19 nitrogen and oxygen atoms in total. The number of aryl methyl sites for hydroxylation is 4. The zero-order valence-electron chi connectivity index (χ0n) is 40.8. The average molecular weight is 1010 g/mol. The zero-order chi connectivity index (χ0) is 50.9. The fraction of sp³-hybridized carbons (Fsp3) is 0.345. The third-order valence-electron chi connectivity index (χ3n) is 13.3. The first-order valence-electron chi connectivity index (χ1n) is 23.8. The molecule has 6 heterocycles. The number of benzene rings is 4. The van der Waals surface area contributed by atoms with Crippen molar-refractivity contribution in [3.05, 3.63) is 165 Å². The molecule has 0 aliphatic carbocycles. The maximum absolute atomic E-state index is 12.9. The van der Waals surface area contributed by atoms with Crippen molar-refractivity contribution in [3.8, 4) is 0 Å². The van der Waals surface area contributed by atoms with Crippen LogP contribution in [-0.2, 0) is 53.3 Å². The number of carbonyl (C=O) groups excluding carboxylic acids is 2. The summed E-state index contributed by atoms with van der Waals surface area (Å²) in [4.78, 5) is 64.1. The molecular weight excluding hydrogens is 941 g/mol. The summed E-state index contributed by atoms with van der Waals surface area (Å²) in [5.41, 5.74) is 14.9. The van der Waals surface area contributed by atoms with Crippen LogP contribution >= 0.6 is 0 Å². The Kier molecular flexibility index (Phi) is 18.5. The number of nitrogens with one attached hydrogen (secondary N) is 1.